The predicted octanol–water partition coefficient (Wildman–Crippen LogP) is 5.63. The van der Waals surface area contributed by atoms with Crippen LogP contribution >= 0.6 is 7.82 Å². The van der Waals surface area contributed by atoms with Crippen molar-refractivity contribution in [3.63, 3.8) is 0 Å². The molecular weight excluding hydrogens is 643 g/mol. The van der Waals surface area contributed by atoms with Gasteiger partial charge in [0.15, 0.2) is 0 Å². The van der Waals surface area contributed by atoms with E-state index in [1.54, 1.807) is 0 Å². The number of unbranched alkanes of at least 4 members (excludes halogenated alkanes) is 16. The van der Waals surface area contributed by atoms with E-state index in [0.717, 1.165) is 64.2 Å². The van der Waals surface area contributed by atoms with Crippen LogP contribution in [0.4, 0.5) is 0 Å². The van der Waals surface area contributed by atoms with E-state index >= 15 is 0 Å². The highest BCUT2D eigenvalue weighted by Gasteiger charge is 2.51. The standard InChI is InChI=1S/C35H67O12P/c1-3-5-7-9-11-13-15-17-19-21-23-25-44-26-28(46-29(36)24-22-20-18-16-14-12-10-8-6-4-2)27-45-48(42,43)47-35-33(40)31(38)30(37)32(39)34(35)41/h8,10,28,30-35,37-41H,3-7,9,11-27H2,1-2H3,(H,42,43)/b10-8-. The average molecular weight is 711 g/mol. The van der Waals surface area contributed by atoms with E-state index in [1.165, 1.54) is 51.4 Å². The summed E-state index contributed by atoms with van der Waals surface area (Å²) in [6, 6.07) is 0. The number of aliphatic hydroxyl groups is 5. The van der Waals surface area contributed by atoms with E-state index < -0.39 is 63.1 Å². The molecule has 1 aliphatic carbocycles. The van der Waals surface area contributed by atoms with Crippen molar-refractivity contribution in [2.45, 2.75) is 185 Å². The number of aliphatic hydroxyl groups excluding tert-OH is 5. The molecule has 6 unspecified atom stereocenters. The molecule has 1 aliphatic rings. The molecule has 0 spiro atoms. The van der Waals surface area contributed by atoms with Gasteiger partial charge in [0.25, 0.3) is 0 Å². The summed E-state index contributed by atoms with van der Waals surface area (Å²) < 4.78 is 33.9. The Morgan fingerprint density at radius 3 is 1.73 bits per heavy atom. The molecule has 1 rings (SSSR count). The maximum Gasteiger partial charge on any atom is 0.472 e. The second-order valence-electron chi connectivity index (χ2n) is 13.1. The SMILES string of the molecule is CCC/C=C\CCCCCCCC(=O)OC(COCCCCCCCCCCCCC)COP(=O)(O)OC1C(O)C(O)C(O)C(O)C1O. The lowest BCUT2D eigenvalue weighted by Crippen LogP contribution is -2.64. The largest absolute Gasteiger partial charge is 0.472 e. The van der Waals surface area contributed by atoms with Crippen molar-refractivity contribution < 1.29 is 58.3 Å². The zero-order chi connectivity index (χ0) is 35.6. The van der Waals surface area contributed by atoms with Gasteiger partial charge in [0.05, 0.1) is 13.2 Å². The summed E-state index contributed by atoms with van der Waals surface area (Å²) in [6.07, 6.45) is 13.1. The van der Waals surface area contributed by atoms with Crippen LogP contribution in [0.15, 0.2) is 12.2 Å². The summed E-state index contributed by atoms with van der Waals surface area (Å²) in [7, 11) is -5.00. The minimum Gasteiger partial charge on any atom is -0.457 e. The van der Waals surface area contributed by atoms with Crippen molar-refractivity contribution in [1.29, 1.82) is 0 Å². The lowest BCUT2D eigenvalue weighted by Gasteiger charge is -2.41. The van der Waals surface area contributed by atoms with E-state index in [0.29, 0.717) is 13.0 Å². The maximum atomic E-state index is 12.7. The molecule has 6 atom stereocenters. The number of phosphoric ester groups is 1. The van der Waals surface area contributed by atoms with Crippen LogP contribution in [0.2, 0.25) is 0 Å². The highest BCUT2D eigenvalue weighted by molar-refractivity contribution is 7.47. The average Bonchev–Trinajstić information content (AvgIpc) is 3.06. The number of carbonyl (C=O) groups excluding carboxylic acids is 1. The molecule has 0 amide bonds. The fourth-order valence-electron chi connectivity index (χ4n) is 5.59. The highest BCUT2D eigenvalue weighted by atomic mass is 31.2. The van der Waals surface area contributed by atoms with Gasteiger partial charge in [0.1, 0.15) is 42.7 Å². The Balaban J connectivity index is 2.50. The van der Waals surface area contributed by atoms with Gasteiger partial charge in [-0.25, -0.2) is 4.57 Å². The number of rotatable bonds is 30. The first kappa shape index (κ1) is 45.1. The molecule has 0 aromatic carbocycles. The van der Waals surface area contributed by atoms with Crippen LogP contribution in [-0.4, -0.2) is 98.9 Å². The quantitative estimate of drug-likeness (QED) is 0.0233. The first-order valence-electron chi connectivity index (χ1n) is 18.5. The van der Waals surface area contributed by atoms with E-state index in [-0.39, 0.29) is 13.0 Å². The number of phosphoric acid groups is 1. The van der Waals surface area contributed by atoms with Gasteiger partial charge >= 0.3 is 13.8 Å². The monoisotopic (exact) mass is 710 g/mol. The first-order valence-corrected chi connectivity index (χ1v) is 20.0. The zero-order valence-electron chi connectivity index (χ0n) is 29.5. The van der Waals surface area contributed by atoms with Crippen LogP contribution in [0.1, 0.15) is 142 Å². The second-order valence-corrected chi connectivity index (χ2v) is 14.5. The normalized spacial score (nSPS) is 24.9. The van der Waals surface area contributed by atoms with Gasteiger partial charge in [0.2, 0.25) is 0 Å². The van der Waals surface area contributed by atoms with E-state index in [9.17, 15) is 39.8 Å². The summed E-state index contributed by atoms with van der Waals surface area (Å²) in [5, 5.41) is 49.8. The van der Waals surface area contributed by atoms with Crippen LogP contribution in [0.3, 0.4) is 0 Å². The van der Waals surface area contributed by atoms with Gasteiger partial charge in [-0.15, -0.1) is 0 Å². The van der Waals surface area contributed by atoms with Crippen LogP contribution < -0.4 is 0 Å². The molecule has 284 valence electrons. The molecule has 0 aliphatic heterocycles. The molecule has 1 saturated carbocycles. The van der Waals surface area contributed by atoms with E-state index in [2.05, 4.69) is 26.0 Å². The molecule has 0 radical (unpaired) electrons. The predicted molar refractivity (Wildman–Crippen MR) is 184 cm³/mol. The minimum atomic E-state index is -5.00. The van der Waals surface area contributed by atoms with Crippen molar-refractivity contribution >= 4 is 13.8 Å². The smallest absolute Gasteiger partial charge is 0.457 e. The molecule has 48 heavy (non-hydrogen) atoms. The fraction of sp³-hybridized carbons (Fsp3) is 0.914. The summed E-state index contributed by atoms with van der Waals surface area (Å²) in [6.45, 7) is 4.14. The van der Waals surface area contributed by atoms with E-state index in [4.69, 9.17) is 18.5 Å². The van der Waals surface area contributed by atoms with Crippen molar-refractivity contribution in [3.05, 3.63) is 12.2 Å². The Bertz CT molecular complexity index is 859. The molecule has 1 fully saturated rings. The van der Waals surface area contributed by atoms with Gasteiger partial charge < -0.3 is 39.9 Å². The topological polar surface area (TPSA) is 192 Å². The van der Waals surface area contributed by atoms with Crippen LogP contribution in [-0.2, 0) is 27.9 Å². The van der Waals surface area contributed by atoms with Crippen molar-refractivity contribution in [1.82, 2.24) is 0 Å². The molecule has 0 bridgehead atoms. The minimum absolute atomic E-state index is 0.0760. The first-order chi connectivity index (χ1) is 23.0. The second kappa shape index (κ2) is 27.8. The molecule has 0 saturated heterocycles. The number of hydrogen-bond donors (Lipinski definition) is 6. The lowest BCUT2D eigenvalue weighted by atomic mass is 9.85. The fourth-order valence-corrected chi connectivity index (χ4v) is 6.56. The van der Waals surface area contributed by atoms with Crippen LogP contribution in [0.5, 0.6) is 0 Å². The number of ether oxygens (including phenoxy) is 2. The van der Waals surface area contributed by atoms with Gasteiger partial charge in [-0.3, -0.25) is 13.8 Å². The molecule has 0 aromatic rings. The lowest BCUT2D eigenvalue weighted by molar-refractivity contribution is -0.220. The van der Waals surface area contributed by atoms with Crippen molar-refractivity contribution in [2.75, 3.05) is 19.8 Å². The summed E-state index contributed by atoms with van der Waals surface area (Å²) >= 11 is 0. The van der Waals surface area contributed by atoms with Crippen molar-refractivity contribution in [2.24, 2.45) is 0 Å². The van der Waals surface area contributed by atoms with Crippen LogP contribution in [0, 0.1) is 0 Å². The highest BCUT2D eigenvalue weighted by Crippen LogP contribution is 2.47. The third-order valence-corrected chi connectivity index (χ3v) is 9.60. The summed E-state index contributed by atoms with van der Waals surface area (Å²) in [4.78, 5) is 22.9. The third-order valence-electron chi connectivity index (χ3n) is 8.62. The number of allylic oxidation sites excluding steroid dienone is 2. The van der Waals surface area contributed by atoms with Gasteiger partial charge in [-0.05, 0) is 32.1 Å². The molecule has 12 nitrogen and oxygen atoms in total. The summed E-state index contributed by atoms with van der Waals surface area (Å²) in [5.41, 5.74) is 0. The maximum absolute atomic E-state index is 12.7. The molecule has 6 N–H and O–H groups in total. The number of esters is 1. The Kier molecular flexibility index (Phi) is 26.1. The zero-order valence-corrected chi connectivity index (χ0v) is 30.4. The third kappa shape index (κ3) is 20.7. The number of carbonyl (C=O) groups is 1. The Morgan fingerprint density at radius 2 is 1.15 bits per heavy atom. The van der Waals surface area contributed by atoms with Gasteiger partial charge in [-0.2, -0.15) is 0 Å². The molecule has 0 heterocycles. The van der Waals surface area contributed by atoms with Crippen molar-refractivity contribution in [3.8, 4) is 0 Å². The summed E-state index contributed by atoms with van der Waals surface area (Å²) in [5.74, 6) is -0.489. The van der Waals surface area contributed by atoms with Gasteiger partial charge in [-0.1, -0.05) is 116 Å². The molecule has 0 aromatic heterocycles. The number of hydrogen-bond acceptors (Lipinski definition) is 11. The molecule has 13 heteroatoms. The Morgan fingerprint density at radius 1 is 0.646 bits per heavy atom. The molecular formula is C35H67O12P. The van der Waals surface area contributed by atoms with Gasteiger partial charge in [0, 0.05) is 13.0 Å². The van der Waals surface area contributed by atoms with E-state index in [1.807, 2.05) is 0 Å². The Labute approximate surface area is 288 Å². The Hall–Kier alpha value is -0.920. The van der Waals surface area contributed by atoms with Crippen LogP contribution in [0.25, 0.3) is 0 Å².